The van der Waals surface area contributed by atoms with Crippen molar-refractivity contribution in [2.75, 3.05) is 10.3 Å². The lowest BCUT2D eigenvalue weighted by Gasteiger charge is -2.22. The number of nitrogens with two attached hydrogens (primary N) is 1. The molecule has 0 aliphatic carbocycles. The molecule has 0 saturated heterocycles. The number of hydrogen-bond acceptors (Lipinski definition) is 5. The van der Waals surface area contributed by atoms with Gasteiger partial charge in [-0.05, 0) is 37.1 Å². The van der Waals surface area contributed by atoms with Gasteiger partial charge >= 0.3 is 0 Å². The number of benzene rings is 1. The van der Waals surface area contributed by atoms with Crippen molar-refractivity contribution in [1.82, 2.24) is 10.2 Å². The van der Waals surface area contributed by atoms with Crippen molar-refractivity contribution < 1.29 is 4.79 Å². The zero-order chi connectivity index (χ0) is 14.1. The van der Waals surface area contributed by atoms with Gasteiger partial charge in [0.1, 0.15) is 0 Å². The summed E-state index contributed by atoms with van der Waals surface area (Å²) in [6, 6.07) is 11.3. The van der Waals surface area contributed by atoms with Crippen LogP contribution in [0.2, 0.25) is 0 Å². The number of hydrazine groups is 1. The Kier molecular flexibility index (Phi) is 3.08. The fourth-order valence-corrected chi connectivity index (χ4v) is 2.52. The third-order valence-electron chi connectivity index (χ3n) is 3.46. The molecule has 3 N–H and O–H groups in total. The van der Waals surface area contributed by atoms with Crippen molar-refractivity contribution in [2.24, 2.45) is 5.84 Å². The molecule has 1 aliphatic heterocycles. The van der Waals surface area contributed by atoms with Crippen molar-refractivity contribution in [1.29, 1.82) is 0 Å². The van der Waals surface area contributed by atoms with Crippen LogP contribution in [0.15, 0.2) is 36.4 Å². The first-order valence-corrected chi connectivity index (χ1v) is 6.42. The highest BCUT2D eigenvalue weighted by atomic mass is 16.2. The number of nitrogen functional groups attached to an aromatic ring is 1. The molecule has 1 aliphatic rings. The van der Waals surface area contributed by atoms with E-state index in [1.807, 2.05) is 31.2 Å². The third-order valence-corrected chi connectivity index (χ3v) is 3.46. The number of carbonyl (C=O) groups excluding carboxylic acids is 1. The molecule has 2 heterocycles. The molecule has 0 spiro atoms. The first-order valence-electron chi connectivity index (χ1n) is 6.42. The van der Waals surface area contributed by atoms with Crippen LogP contribution >= 0.6 is 0 Å². The summed E-state index contributed by atoms with van der Waals surface area (Å²) in [6.45, 7) is 2.03. The molecule has 102 valence electrons. The van der Waals surface area contributed by atoms with Crippen LogP contribution < -0.4 is 16.2 Å². The van der Waals surface area contributed by atoms with Crippen LogP contribution in [-0.2, 0) is 6.42 Å². The van der Waals surface area contributed by atoms with Gasteiger partial charge in [-0.3, -0.25) is 4.79 Å². The number of rotatable bonds is 2. The number of para-hydroxylation sites is 1. The zero-order valence-corrected chi connectivity index (χ0v) is 11.1. The number of hydrogen-bond donors (Lipinski definition) is 2. The lowest BCUT2D eigenvalue weighted by Crippen LogP contribution is -2.36. The smallest absolute Gasteiger partial charge is 0.279 e. The van der Waals surface area contributed by atoms with Crippen LogP contribution in [0.1, 0.15) is 23.0 Å². The van der Waals surface area contributed by atoms with E-state index in [1.54, 1.807) is 17.0 Å². The van der Waals surface area contributed by atoms with Gasteiger partial charge in [0, 0.05) is 11.7 Å². The quantitative estimate of drug-likeness (QED) is 0.635. The molecule has 0 radical (unpaired) electrons. The maximum absolute atomic E-state index is 12.6. The van der Waals surface area contributed by atoms with Gasteiger partial charge in [0.05, 0.1) is 0 Å². The third kappa shape index (κ3) is 2.00. The molecule has 0 saturated carbocycles. The molecular formula is C14H15N5O. The monoisotopic (exact) mass is 269 g/mol. The summed E-state index contributed by atoms with van der Waals surface area (Å²) in [7, 11) is 0. The average Bonchev–Trinajstić information content (AvgIpc) is 2.82. The summed E-state index contributed by atoms with van der Waals surface area (Å²) in [6.07, 6.45) is 0.859. The van der Waals surface area contributed by atoms with Crippen molar-refractivity contribution in [3.8, 4) is 0 Å². The largest absolute Gasteiger partial charge is 0.307 e. The number of nitrogens with zero attached hydrogens (tertiary/aromatic N) is 3. The number of fused-ring (bicyclic) bond motifs is 1. The maximum Gasteiger partial charge on any atom is 0.279 e. The van der Waals surface area contributed by atoms with E-state index in [1.165, 1.54) is 5.56 Å². The van der Waals surface area contributed by atoms with E-state index in [4.69, 9.17) is 5.84 Å². The average molecular weight is 269 g/mol. The normalized spacial score (nSPS) is 16.9. The molecule has 0 fully saturated rings. The number of aromatic nitrogens is 2. The standard InChI is InChI=1S/C14H15N5O/c1-9-8-10-4-2-3-5-12(10)19(9)14(20)11-6-7-13(16-15)18-17-11/h2-7,9H,8,15H2,1H3,(H,16,18). The van der Waals surface area contributed by atoms with Gasteiger partial charge in [-0.15, -0.1) is 10.2 Å². The number of nitrogens with one attached hydrogen (secondary N) is 1. The van der Waals surface area contributed by atoms with E-state index in [9.17, 15) is 4.79 Å². The molecule has 2 aromatic rings. The van der Waals surface area contributed by atoms with Crippen molar-refractivity contribution in [3.63, 3.8) is 0 Å². The molecule has 20 heavy (non-hydrogen) atoms. The maximum atomic E-state index is 12.6. The fraction of sp³-hybridized carbons (Fsp3) is 0.214. The lowest BCUT2D eigenvalue weighted by atomic mass is 10.1. The number of anilines is 2. The fourth-order valence-electron chi connectivity index (χ4n) is 2.52. The van der Waals surface area contributed by atoms with Crippen LogP contribution in [-0.4, -0.2) is 22.1 Å². The SMILES string of the molecule is CC1Cc2ccccc2N1C(=O)c1ccc(NN)nn1. The first-order chi connectivity index (χ1) is 9.70. The Bertz CT molecular complexity index is 640. The van der Waals surface area contributed by atoms with E-state index in [0.717, 1.165) is 12.1 Å². The van der Waals surface area contributed by atoms with Gasteiger partial charge in [-0.25, -0.2) is 5.84 Å². The molecule has 0 bridgehead atoms. The lowest BCUT2D eigenvalue weighted by molar-refractivity contribution is 0.0975. The van der Waals surface area contributed by atoms with E-state index < -0.39 is 0 Å². The molecule has 1 unspecified atom stereocenters. The summed E-state index contributed by atoms with van der Waals surface area (Å²) >= 11 is 0. The number of carbonyl (C=O) groups is 1. The van der Waals surface area contributed by atoms with Gasteiger partial charge < -0.3 is 10.3 Å². The molecule has 1 aromatic heterocycles. The highest BCUT2D eigenvalue weighted by molar-refractivity contribution is 6.06. The predicted molar refractivity (Wildman–Crippen MR) is 76.3 cm³/mol. The van der Waals surface area contributed by atoms with Gasteiger partial charge in [0.15, 0.2) is 11.5 Å². The van der Waals surface area contributed by atoms with Crippen LogP contribution in [0.4, 0.5) is 11.5 Å². The Morgan fingerprint density at radius 1 is 1.30 bits per heavy atom. The summed E-state index contributed by atoms with van der Waals surface area (Å²) in [5.41, 5.74) is 4.83. The zero-order valence-electron chi connectivity index (χ0n) is 11.1. The molecule has 3 rings (SSSR count). The Morgan fingerprint density at radius 2 is 2.10 bits per heavy atom. The second kappa shape index (κ2) is 4.90. The van der Waals surface area contributed by atoms with Gasteiger partial charge in [-0.2, -0.15) is 0 Å². The van der Waals surface area contributed by atoms with Gasteiger partial charge in [0.25, 0.3) is 5.91 Å². The van der Waals surface area contributed by atoms with E-state index >= 15 is 0 Å². The summed E-state index contributed by atoms with van der Waals surface area (Å²) in [5, 5.41) is 7.75. The van der Waals surface area contributed by atoms with E-state index in [-0.39, 0.29) is 11.9 Å². The Hall–Kier alpha value is -2.47. The predicted octanol–water partition coefficient (Wildman–Crippen LogP) is 1.35. The molecule has 6 nitrogen and oxygen atoms in total. The molecule has 1 amide bonds. The van der Waals surface area contributed by atoms with E-state index in [2.05, 4.69) is 15.6 Å². The minimum atomic E-state index is -0.140. The molecule has 1 aromatic carbocycles. The van der Waals surface area contributed by atoms with Crippen molar-refractivity contribution in [2.45, 2.75) is 19.4 Å². The summed E-state index contributed by atoms with van der Waals surface area (Å²) in [4.78, 5) is 14.4. The minimum absolute atomic E-state index is 0.119. The van der Waals surface area contributed by atoms with Crippen molar-refractivity contribution >= 4 is 17.4 Å². The topological polar surface area (TPSA) is 84.1 Å². The number of amides is 1. The highest BCUT2D eigenvalue weighted by Gasteiger charge is 2.31. The minimum Gasteiger partial charge on any atom is -0.307 e. The van der Waals surface area contributed by atoms with Gasteiger partial charge in [0.2, 0.25) is 0 Å². The van der Waals surface area contributed by atoms with Gasteiger partial charge in [-0.1, -0.05) is 18.2 Å². The molecular weight excluding hydrogens is 254 g/mol. The second-order valence-corrected chi connectivity index (χ2v) is 4.81. The Balaban J connectivity index is 1.94. The van der Waals surface area contributed by atoms with E-state index in [0.29, 0.717) is 11.5 Å². The van der Waals surface area contributed by atoms with Crippen molar-refractivity contribution in [3.05, 3.63) is 47.7 Å². The second-order valence-electron chi connectivity index (χ2n) is 4.81. The Labute approximate surface area is 116 Å². The summed E-state index contributed by atoms with van der Waals surface area (Å²) < 4.78 is 0. The van der Waals surface area contributed by atoms with Crippen LogP contribution in [0.5, 0.6) is 0 Å². The van der Waals surface area contributed by atoms with Crippen LogP contribution in [0, 0.1) is 0 Å². The highest BCUT2D eigenvalue weighted by Crippen LogP contribution is 2.32. The summed E-state index contributed by atoms with van der Waals surface area (Å²) in [5.74, 6) is 5.52. The molecule has 6 heteroatoms. The first kappa shape index (κ1) is 12.6. The molecule has 1 atom stereocenters. The van der Waals surface area contributed by atoms with Crippen LogP contribution in [0.25, 0.3) is 0 Å². The van der Waals surface area contributed by atoms with Crippen LogP contribution in [0.3, 0.4) is 0 Å². The Morgan fingerprint density at radius 3 is 2.80 bits per heavy atom.